The molecule has 156 valence electrons. The Morgan fingerprint density at radius 2 is 1.93 bits per heavy atom. The Bertz CT molecular complexity index is 811. The van der Waals surface area contributed by atoms with Gasteiger partial charge >= 0.3 is 0 Å². The van der Waals surface area contributed by atoms with Crippen LogP contribution in [0.5, 0.6) is 0 Å². The van der Waals surface area contributed by atoms with Crippen molar-refractivity contribution in [2.45, 2.75) is 62.7 Å². The fraction of sp³-hybridized carbons (Fsp3) is 0.684. The summed E-state index contributed by atoms with van der Waals surface area (Å²) in [4.78, 5) is 27.5. The smallest absolute Gasteiger partial charge is 0.252 e. The zero-order chi connectivity index (χ0) is 20.3. The Morgan fingerprint density at radius 1 is 1.25 bits per heavy atom. The summed E-state index contributed by atoms with van der Waals surface area (Å²) in [6, 6.07) is 3.64. The van der Waals surface area contributed by atoms with Crippen LogP contribution in [0.1, 0.15) is 50.8 Å². The van der Waals surface area contributed by atoms with Gasteiger partial charge in [0.05, 0.1) is 12.5 Å². The summed E-state index contributed by atoms with van der Waals surface area (Å²) in [6.07, 6.45) is 4.66. The third-order valence-corrected chi connectivity index (χ3v) is 9.27. The highest BCUT2D eigenvalue weighted by atomic mass is 32.2. The van der Waals surface area contributed by atoms with E-state index in [1.54, 1.807) is 12.1 Å². The predicted molar refractivity (Wildman–Crippen MR) is 108 cm³/mol. The van der Waals surface area contributed by atoms with Gasteiger partial charge in [0.1, 0.15) is 4.21 Å². The number of carbonyl (C=O) groups excluding carboxylic acids is 2. The first-order valence-corrected chi connectivity index (χ1v) is 12.3. The second-order valence-corrected chi connectivity index (χ2v) is 10.7. The molecule has 0 radical (unpaired) electrons. The number of hydrogen-bond donors (Lipinski definition) is 1. The van der Waals surface area contributed by atoms with E-state index in [0.29, 0.717) is 29.9 Å². The quantitative estimate of drug-likeness (QED) is 0.689. The summed E-state index contributed by atoms with van der Waals surface area (Å²) in [5.74, 6) is -0.363. The zero-order valence-electron chi connectivity index (χ0n) is 16.5. The molecule has 0 bridgehead atoms. The fourth-order valence-corrected chi connectivity index (χ4v) is 6.99. The lowest BCUT2D eigenvalue weighted by atomic mass is 10.1. The maximum atomic E-state index is 12.6. The van der Waals surface area contributed by atoms with Crippen LogP contribution in [0.25, 0.3) is 0 Å². The van der Waals surface area contributed by atoms with Gasteiger partial charge in [0.15, 0.2) is 0 Å². The Balaban J connectivity index is 1.56. The van der Waals surface area contributed by atoms with Crippen molar-refractivity contribution in [3.63, 3.8) is 0 Å². The maximum absolute atomic E-state index is 12.6. The molecule has 0 spiro atoms. The molecular formula is C19H29N3O4S2. The molecule has 1 aromatic rings. The summed E-state index contributed by atoms with van der Waals surface area (Å²) in [5.41, 5.74) is 0. The number of nitrogens with zero attached hydrogens (tertiary/aromatic N) is 2. The number of thiophene rings is 1. The predicted octanol–water partition coefficient (Wildman–Crippen LogP) is 2.19. The van der Waals surface area contributed by atoms with Crippen molar-refractivity contribution >= 4 is 33.2 Å². The van der Waals surface area contributed by atoms with Gasteiger partial charge in [-0.3, -0.25) is 9.59 Å². The molecule has 2 amide bonds. The lowest BCUT2D eigenvalue weighted by Gasteiger charge is -2.23. The van der Waals surface area contributed by atoms with E-state index in [2.05, 4.69) is 5.32 Å². The van der Waals surface area contributed by atoms with Crippen LogP contribution in [-0.4, -0.2) is 55.1 Å². The van der Waals surface area contributed by atoms with Gasteiger partial charge in [-0.25, -0.2) is 8.42 Å². The van der Waals surface area contributed by atoms with Crippen LogP contribution in [-0.2, 0) is 26.2 Å². The number of rotatable bonds is 8. The first kappa shape index (κ1) is 21.3. The average Bonchev–Trinajstić information content (AvgIpc) is 3.41. The topological polar surface area (TPSA) is 86.8 Å². The van der Waals surface area contributed by atoms with E-state index in [-0.39, 0.29) is 30.7 Å². The minimum atomic E-state index is -3.47. The molecule has 0 aromatic carbocycles. The van der Waals surface area contributed by atoms with E-state index >= 15 is 0 Å². The van der Waals surface area contributed by atoms with E-state index in [1.807, 2.05) is 18.7 Å². The number of carbonyl (C=O) groups is 2. The van der Waals surface area contributed by atoms with Crippen LogP contribution in [0.3, 0.4) is 0 Å². The van der Waals surface area contributed by atoms with Crippen LogP contribution < -0.4 is 5.32 Å². The molecule has 1 unspecified atom stereocenters. The van der Waals surface area contributed by atoms with Gasteiger partial charge in [-0.15, -0.1) is 11.3 Å². The molecule has 2 fully saturated rings. The van der Waals surface area contributed by atoms with E-state index in [0.717, 1.165) is 30.6 Å². The van der Waals surface area contributed by atoms with Crippen molar-refractivity contribution in [1.29, 1.82) is 0 Å². The SMILES string of the molecule is CCN(CC)S(=O)(=O)c1ccc(CNC(=O)C2CC(=O)N(C3CCCC3)C2)s1. The van der Waals surface area contributed by atoms with Gasteiger partial charge in [0.25, 0.3) is 10.0 Å². The fourth-order valence-electron chi connectivity index (χ4n) is 4.08. The molecule has 7 nitrogen and oxygen atoms in total. The molecule has 1 aliphatic heterocycles. The summed E-state index contributed by atoms with van der Waals surface area (Å²) in [5, 5.41) is 2.88. The van der Waals surface area contributed by atoms with Crippen LogP contribution in [0, 0.1) is 5.92 Å². The lowest BCUT2D eigenvalue weighted by Crippen LogP contribution is -2.36. The van der Waals surface area contributed by atoms with Crippen LogP contribution in [0.2, 0.25) is 0 Å². The highest BCUT2D eigenvalue weighted by Gasteiger charge is 2.38. The van der Waals surface area contributed by atoms with Gasteiger partial charge in [0, 0.05) is 37.0 Å². The molecule has 1 aromatic heterocycles. The monoisotopic (exact) mass is 427 g/mol. The van der Waals surface area contributed by atoms with E-state index in [9.17, 15) is 18.0 Å². The average molecular weight is 428 g/mol. The summed E-state index contributed by atoms with van der Waals surface area (Å²) < 4.78 is 26.8. The third-order valence-electron chi connectivity index (χ3n) is 5.67. The molecule has 1 aliphatic carbocycles. The van der Waals surface area contributed by atoms with Crippen molar-refractivity contribution in [2.24, 2.45) is 5.92 Å². The largest absolute Gasteiger partial charge is 0.351 e. The first-order chi connectivity index (χ1) is 13.4. The molecule has 2 heterocycles. The second-order valence-electron chi connectivity index (χ2n) is 7.41. The van der Waals surface area contributed by atoms with Gasteiger partial charge < -0.3 is 10.2 Å². The van der Waals surface area contributed by atoms with E-state index in [1.165, 1.54) is 15.6 Å². The summed E-state index contributed by atoms with van der Waals surface area (Å²) in [6.45, 7) is 5.26. The minimum absolute atomic E-state index is 0.0794. The molecule has 9 heteroatoms. The van der Waals surface area contributed by atoms with Gasteiger partial charge in [0.2, 0.25) is 11.8 Å². The number of hydrogen-bond acceptors (Lipinski definition) is 5. The number of likely N-dealkylation sites (tertiary alicyclic amines) is 1. The third kappa shape index (κ3) is 4.41. The van der Waals surface area contributed by atoms with Crippen molar-refractivity contribution in [1.82, 2.24) is 14.5 Å². The Labute approximate surface area is 171 Å². The highest BCUT2D eigenvalue weighted by molar-refractivity contribution is 7.91. The summed E-state index contributed by atoms with van der Waals surface area (Å²) >= 11 is 1.18. The maximum Gasteiger partial charge on any atom is 0.252 e. The van der Waals surface area contributed by atoms with Crippen molar-refractivity contribution in [3.05, 3.63) is 17.0 Å². The van der Waals surface area contributed by atoms with Crippen LogP contribution >= 0.6 is 11.3 Å². The molecule has 1 saturated heterocycles. The van der Waals surface area contributed by atoms with Crippen LogP contribution in [0.4, 0.5) is 0 Å². The van der Waals surface area contributed by atoms with Gasteiger partial charge in [-0.1, -0.05) is 26.7 Å². The minimum Gasteiger partial charge on any atom is -0.351 e. The Morgan fingerprint density at radius 3 is 2.57 bits per heavy atom. The number of nitrogens with one attached hydrogen (secondary N) is 1. The molecule has 2 aliphatic rings. The standard InChI is InChI=1S/C19H29N3O4S2/c1-3-21(4-2)28(25,26)18-10-9-16(27-18)12-20-19(24)14-11-17(23)22(13-14)15-7-5-6-8-15/h9-10,14-15H,3-8,11-13H2,1-2H3,(H,20,24). The highest BCUT2D eigenvalue weighted by Crippen LogP contribution is 2.30. The molecule has 1 saturated carbocycles. The number of sulfonamides is 1. The van der Waals surface area contributed by atoms with Crippen molar-refractivity contribution in [2.75, 3.05) is 19.6 Å². The van der Waals surface area contributed by atoms with Gasteiger partial charge in [-0.05, 0) is 25.0 Å². The molecule has 1 N–H and O–H groups in total. The molecular weight excluding hydrogens is 398 g/mol. The van der Waals surface area contributed by atoms with Crippen molar-refractivity contribution in [3.8, 4) is 0 Å². The molecule has 28 heavy (non-hydrogen) atoms. The first-order valence-electron chi connectivity index (χ1n) is 10.0. The second kappa shape index (κ2) is 8.92. The van der Waals surface area contributed by atoms with E-state index in [4.69, 9.17) is 0 Å². The molecule has 3 rings (SSSR count). The lowest BCUT2D eigenvalue weighted by molar-refractivity contribution is -0.130. The van der Waals surface area contributed by atoms with Crippen LogP contribution in [0.15, 0.2) is 16.3 Å². The Hall–Kier alpha value is -1.45. The zero-order valence-corrected chi connectivity index (χ0v) is 18.2. The van der Waals surface area contributed by atoms with Crippen molar-refractivity contribution < 1.29 is 18.0 Å². The Kier molecular flexibility index (Phi) is 6.77. The van der Waals surface area contributed by atoms with Gasteiger partial charge in [-0.2, -0.15) is 4.31 Å². The normalized spacial score (nSPS) is 21.0. The number of amides is 2. The van der Waals surface area contributed by atoms with E-state index < -0.39 is 10.0 Å². The summed E-state index contributed by atoms with van der Waals surface area (Å²) in [7, 11) is -3.47. The molecule has 1 atom stereocenters.